The molecule has 0 radical (unpaired) electrons. The molecule has 1 unspecified atom stereocenters. The highest BCUT2D eigenvalue weighted by molar-refractivity contribution is 9.10. The molecule has 1 fully saturated rings. The van der Waals surface area contributed by atoms with Gasteiger partial charge in [0.25, 0.3) is 0 Å². The van der Waals surface area contributed by atoms with Gasteiger partial charge >= 0.3 is 0 Å². The van der Waals surface area contributed by atoms with Crippen LogP contribution in [0.3, 0.4) is 0 Å². The first-order valence-electron chi connectivity index (χ1n) is 5.37. The van der Waals surface area contributed by atoms with Gasteiger partial charge in [-0.25, -0.2) is 0 Å². The second-order valence-electron chi connectivity index (χ2n) is 4.39. The van der Waals surface area contributed by atoms with Crippen LogP contribution in [0.2, 0.25) is 5.02 Å². The van der Waals surface area contributed by atoms with E-state index in [0.29, 0.717) is 0 Å². The van der Waals surface area contributed by atoms with Gasteiger partial charge in [0, 0.05) is 9.37 Å². The Hall–Kier alpha value is 0.340. The highest BCUT2D eigenvalue weighted by atomic mass is 79.9. The Morgan fingerprint density at radius 1 is 1.27 bits per heavy atom. The lowest BCUT2D eigenvalue weighted by Gasteiger charge is -2.25. The molecule has 3 rings (SSSR count). The summed E-state index contributed by atoms with van der Waals surface area (Å²) in [7, 11) is 0. The van der Waals surface area contributed by atoms with Crippen molar-refractivity contribution in [2.75, 3.05) is 5.75 Å². The van der Waals surface area contributed by atoms with E-state index in [4.69, 9.17) is 11.6 Å². The molecule has 0 aromatic heterocycles. The second kappa shape index (κ2) is 3.97. The van der Waals surface area contributed by atoms with Gasteiger partial charge in [-0.05, 0) is 70.5 Å². The number of rotatable bonds is 1. The average Bonchev–Trinajstić information content (AvgIpc) is 3.02. The largest absolute Gasteiger partial charge is 0.126 e. The van der Waals surface area contributed by atoms with Gasteiger partial charge in [0.2, 0.25) is 0 Å². The van der Waals surface area contributed by atoms with Crippen molar-refractivity contribution in [1.82, 2.24) is 0 Å². The van der Waals surface area contributed by atoms with Crippen molar-refractivity contribution in [1.29, 1.82) is 0 Å². The summed E-state index contributed by atoms with van der Waals surface area (Å²) in [4.78, 5) is 1.44. The number of thioether (sulfide) groups is 1. The molecule has 1 aliphatic heterocycles. The van der Waals surface area contributed by atoms with E-state index in [0.717, 1.165) is 21.3 Å². The molecule has 80 valence electrons. The summed E-state index contributed by atoms with van der Waals surface area (Å²) in [6.07, 6.45) is 4.17. The third-order valence-corrected chi connectivity index (χ3v) is 5.63. The molecule has 1 heterocycles. The van der Waals surface area contributed by atoms with E-state index in [-0.39, 0.29) is 0 Å². The minimum absolute atomic E-state index is 0.784. The third-order valence-electron chi connectivity index (χ3n) is 3.33. The Morgan fingerprint density at radius 2 is 2.07 bits per heavy atom. The van der Waals surface area contributed by atoms with Crippen LogP contribution in [0.5, 0.6) is 0 Å². The topological polar surface area (TPSA) is 0 Å². The van der Waals surface area contributed by atoms with Crippen LogP contribution in [0, 0.1) is 5.92 Å². The molecule has 1 saturated carbocycles. The Balaban J connectivity index is 2.05. The van der Waals surface area contributed by atoms with Crippen molar-refractivity contribution in [2.24, 2.45) is 5.92 Å². The van der Waals surface area contributed by atoms with E-state index in [1.165, 1.54) is 35.5 Å². The summed E-state index contributed by atoms with van der Waals surface area (Å²) >= 11 is 11.7. The van der Waals surface area contributed by atoms with Gasteiger partial charge in [-0.2, -0.15) is 0 Å². The van der Waals surface area contributed by atoms with Gasteiger partial charge in [-0.15, -0.1) is 11.8 Å². The summed E-state index contributed by atoms with van der Waals surface area (Å²) in [6, 6.07) is 4.37. The fourth-order valence-electron chi connectivity index (χ4n) is 2.40. The van der Waals surface area contributed by atoms with Crippen LogP contribution in [0.4, 0.5) is 0 Å². The first kappa shape index (κ1) is 10.5. The lowest BCUT2D eigenvalue weighted by molar-refractivity contribution is 0.574. The zero-order chi connectivity index (χ0) is 10.4. The van der Waals surface area contributed by atoms with Crippen molar-refractivity contribution in [2.45, 2.75) is 30.1 Å². The third kappa shape index (κ3) is 1.96. The maximum Gasteiger partial charge on any atom is 0.0551 e. The summed E-state index contributed by atoms with van der Waals surface area (Å²) in [5, 5.41) is 0.863. The molecule has 1 atom stereocenters. The fourth-order valence-corrected chi connectivity index (χ4v) is 4.24. The molecule has 0 saturated heterocycles. The van der Waals surface area contributed by atoms with E-state index in [9.17, 15) is 0 Å². The van der Waals surface area contributed by atoms with E-state index >= 15 is 0 Å². The maximum absolute atomic E-state index is 6.18. The first-order chi connectivity index (χ1) is 7.25. The van der Waals surface area contributed by atoms with Crippen LogP contribution in [-0.4, -0.2) is 5.75 Å². The molecule has 0 nitrogen and oxygen atoms in total. The van der Waals surface area contributed by atoms with Gasteiger partial charge in [-0.1, -0.05) is 11.6 Å². The predicted molar refractivity (Wildman–Crippen MR) is 70.0 cm³/mol. The van der Waals surface area contributed by atoms with E-state index in [2.05, 4.69) is 28.1 Å². The zero-order valence-electron chi connectivity index (χ0n) is 8.30. The molecule has 1 aliphatic carbocycles. The molecule has 1 aromatic carbocycles. The quantitative estimate of drug-likeness (QED) is 0.696. The number of hydrogen-bond donors (Lipinski definition) is 0. The average molecular weight is 304 g/mol. The summed E-state index contributed by atoms with van der Waals surface area (Å²) in [6.45, 7) is 0. The van der Waals surface area contributed by atoms with Crippen molar-refractivity contribution < 1.29 is 0 Å². The minimum Gasteiger partial charge on any atom is -0.126 e. The Morgan fingerprint density at radius 3 is 2.80 bits per heavy atom. The number of hydrogen-bond acceptors (Lipinski definition) is 1. The molecule has 3 heteroatoms. The van der Waals surface area contributed by atoms with Gasteiger partial charge in [-0.3, -0.25) is 0 Å². The fraction of sp³-hybridized carbons (Fsp3) is 0.500. The number of benzene rings is 1. The summed E-state index contributed by atoms with van der Waals surface area (Å²) in [5.74, 6) is 3.00. The predicted octanol–water partition coefficient (Wildman–Crippen LogP) is 5.09. The minimum atomic E-state index is 0.784. The Labute approximate surface area is 108 Å². The molecule has 15 heavy (non-hydrogen) atoms. The highest BCUT2D eigenvalue weighted by Gasteiger charge is 2.35. The normalized spacial score (nSPS) is 25.1. The van der Waals surface area contributed by atoms with Crippen LogP contribution in [-0.2, 0) is 0 Å². The second-order valence-corrected chi connectivity index (χ2v) is 6.78. The van der Waals surface area contributed by atoms with Crippen LogP contribution < -0.4 is 0 Å². The van der Waals surface area contributed by atoms with E-state index < -0.39 is 0 Å². The van der Waals surface area contributed by atoms with Gasteiger partial charge in [0.05, 0.1) is 5.02 Å². The van der Waals surface area contributed by atoms with E-state index in [1.807, 2.05) is 11.8 Å². The molecule has 0 bridgehead atoms. The van der Waals surface area contributed by atoms with Crippen molar-refractivity contribution in [3.63, 3.8) is 0 Å². The molecular weight excluding hydrogens is 292 g/mol. The van der Waals surface area contributed by atoms with Crippen LogP contribution >= 0.6 is 39.3 Å². The number of halogens is 2. The molecule has 0 spiro atoms. The SMILES string of the molecule is Clc1cc2c(cc1Br)SCCC2C1CC1. The van der Waals surface area contributed by atoms with Gasteiger partial charge in [0.15, 0.2) is 0 Å². The monoisotopic (exact) mass is 302 g/mol. The summed E-state index contributed by atoms with van der Waals surface area (Å²) < 4.78 is 1.03. The van der Waals surface area contributed by atoms with Gasteiger partial charge in [0.1, 0.15) is 0 Å². The molecule has 1 aromatic rings. The molecule has 2 aliphatic rings. The van der Waals surface area contributed by atoms with Crippen LogP contribution in [0.15, 0.2) is 21.5 Å². The van der Waals surface area contributed by atoms with Gasteiger partial charge < -0.3 is 0 Å². The summed E-state index contributed by atoms with van der Waals surface area (Å²) in [5.41, 5.74) is 1.50. The maximum atomic E-state index is 6.18. The van der Waals surface area contributed by atoms with Crippen LogP contribution in [0.1, 0.15) is 30.7 Å². The molecule has 0 amide bonds. The smallest absolute Gasteiger partial charge is 0.0551 e. The molecular formula is C12H12BrClS. The number of fused-ring (bicyclic) bond motifs is 1. The van der Waals surface area contributed by atoms with Crippen molar-refractivity contribution >= 4 is 39.3 Å². The lowest BCUT2D eigenvalue weighted by Crippen LogP contribution is -2.09. The van der Waals surface area contributed by atoms with Crippen molar-refractivity contribution in [3.8, 4) is 0 Å². The van der Waals surface area contributed by atoms with Crippen molar-refractivity contribution in [3.05, 3.63) is 27.2 Å². The van der Waals surface area contributed by atoms with E-state index in [1.54, 1.807) is 0 Å². The Kier molecular flexibility index (Phi) is 2.78. The lowest BCUT2D eigenvalue weighted by atomic mass is 9.91. The Bertz CT molecular complexity index is 401. The van der Waals surface area contributed by atoms with Crippen LogP contribution in [0.25, 0.3) is 0 Å². The first-order valence-corrected chi connectivity index (χ1v) is 7.53. The molecule has 0 N–H and O–H groups in total. The standard InChI is InChI=1S/C12H12BrClS/c13-10-6-12-9(5-11(10)14)8(3-4-15-12)7-1-2-7/h5-8H,1-4H2. The highest BCUT2D eigenvalue weighted by Crippen LogP contribution is 2.51. The zero-order valence-corrected chi connectivity index (χ0v) is 11.5.